The number of carbonyl (C=O) groups is 1. The van der Waals surface area contributed by atoms with Gasteiger partial charge in [0.05, 0.1) is 12.3 Å². The Bertz CT molecular complexity index is 902. The topological polar surface area (TPSA) is 94.0 Å². The van der Waals surface area contributed by atoms with Gasteiger partial charge in [0.15, 0.2) is 11.6 Å². The maximum atomic E-state index is 13.3. The fourth-order valence-electron chi connectivity index (χ4n) is 2.82. The number of hydrogen-bond acceptors (Lipinski definition) is 5. The molecule has 8 heteroatoms. The molecular weight excluding hydrogens is 356 g/mol. The first-order valence-electron chi connectivity index (χ1n) is 8.39. The summed E-state index contributed by atoms with van der Waals surface area (Å²) in [7, 11) is 0. The van der Waals surface area contributed by atoms with E-state index in [4.69, 9.17) is 0 Å². The first kappa shape index (κ1) is 18.8. The number of rotatable bonds is 6. The Labute approximate surface area is 154 Å². The van der Waals surface area contributed by atoms with Gasteiger partial charge in [0.25, 0.3) is 5.91 Å². The number of hydrazone groups is 1. The molecule has 142 valence electrons. The smallest absolute Gasteiger partial charge is 0.254 e. The van der Waals surface area contributed by atoms with Gasteiger partial charge in [0, 0.05) is 17.5 Å². The van der Waals surface area contributed by atoms with Crippen LogP contribution in [0.25, 0.3) is 0 Å². The maximum Gasteiger partial charge on any atom is 0.254 e. The van der Waals surface area contributed by atoms with Gasteiger partial charge in [-0.15, -0.1) is 0 Å². The van der Waals surface area contributed by atoms with Gasteiger partial charge in [-0.1, -0.05) is 6.07 Å². The van der Waals surface area contributed by atoms with Crippen molar-refractivity contribution >= 4 is 11.6 Å². The largest absolute Gasteiger partial charge is 0.508 e. The van der Waals surface area contributed by atoms with E-state index in [1.807, 2.05) is 0 Å². The third-order valence-corrected chi connectivity index (χ3v) is 4.41. The Morgan fingerprint density at radius 3 is 2.70 bits per heavy atom. The van der Waals surface area contributed by atoms with Gasteiger partial charge in [0.1, 0.15) is 11.5 Å². The first-order chi connectivity index (χ1) is 12.8. The summed E-state index contributed by atoms with van der Waals surface area (Å²) in [5, 5.41) is 26.2. The molecule has 1 fully saturated rings. The summed E-state index contributed by atoms with van der Waals surface area (Å²) in [6.45, 7) is 1.59. The average Bonchev–Trinajstić information content (AvgIpc) is 3.42. The van der Waals surface area contributed by atoms with Crippen molar-refractivity contribution in [2.75, 3.05) is 6.54 Å². The molecule has 0 aliphatic heterocycles. The standard InChI is InChI=1S/C19H19F2N3O3/c1-10(13-7-12(25)3-5-18(13)26)23-24-19(27)9-22-17-8-14(17)11-2-4-15(20)16(21)6-11/h2-7,14,17,22,25-26H,8-9H2,1H3,(H,24,27)/b23-10+/t14-,17+/m0/s1. The molecule has 3 rings (SSSR count). The van der Waals surface area contributed by atoms with Crippen LogP contribution in [0.2, 0.25) is 0 Å². The van der Waals surface area contributed by atoms with Crippen LogP contribution in [0.5, 0.6) is 11.5 Å². The van der Waals surface area contributed by atoms with Gasteiger partial charge in [-0.05, 0) is 49.2 Å². The minimum Gasteiger partial charge on any atom is -0.508 e. The lowest BCUT2D eigenvalue weighted by molar-refractivity contribution is -0.120. The van der Waals surface area contributed by atoms with Crippen molar-refractivity contribution in [1.29, 1.82) is 0 Å². The number of halogens is 2. The third-order valence-electron chi connectivity index (χ3n) is 4.41. The van der Waals surface area contributed by atoms with Crippen LogP contribution in [-0.2, 0) is 4.79 Å². The highest BCUT2D eigenvalue weighted by Crippen LogP contribution is 2.40. The molecule has 27 heavy (non-hydrogen) atoms. The second kappa shape index (κ2) is 7.71. The molecule has 0 bridgehead atoms. The van der Waals surface area contributed by atoms with Crippen molar-refractivity contribution in [3.63, 3.8) is 0 Å². The highest BCUT2D eigenvalue weighted by Gasteiger charge is 2.38. The minimum atomic E-state index is -0.880. The molecule has 1 amide bonds. The van der Waals surface area contributed by atoms with E-state index in [1.165, 1.54) is 24.3 Å². The molecule has 0 aromatic heterocycles. The van der Waals surface area contributed by atoms with Crippen LogP contribution in [0, 0.1) is 11.6 Å². The summed E-state index contributed by atoms with van der Waals surface area (Å²) in [6.07, 6.45) is 0.734. The van der Waals surface area contributed by atoms with E-state index in [0.717, 1.165) is 12.5 Å². The Kier molecular flexibility index (Phi) is 5.36. The van der Waals surface area contributed by atoms with Crippen molar-refractivity contribution in [3.05, 3.63) is 59.2 Å². The van der Waals surface area contributed by atoms with Gasteiger partial charge in [-0.2, -0.15) is 5.10 Å². The molecule has 0 unspecified atom stereocenters. The van der Waals surface area contributed by atoms with E-state index in [0.29, 0.717) is 16.8 Å². The molecule has 4 N–H and O–H groups in total. The molecule has 1 saturated carbocycles. The predicted octanol–water partition coefficient (Wildman–Crippen LogP) is 2.36. The SMILES string of the molecule is C/C(=N\NC(=O)CN[C@@H]1C[C@H]1c1ccc(F)c(F)c1)c1cc(O)ccc1O. The number of phenolic OH excluding ortho intramolecular Hbond substituents is 2. The van der Waals surface area contributed by atoms with Crippen LogP contribution in [0.4, 0.5) is 8.78 Å². The van der Waals surface area contributed by atoms with Crippen molar-refractivity contribution in [1.82, 2.24) is 10.7 Å². The minimum absolute atomic E-state index is 0.00758. The third kappa shape index (κ3) is 4.59. The molecule has 2 aromatic rings. The summed E-state index contributed by atoms with van der Waals surface area (Å²) in [5.74, 6) is -2.19. The van der Waals surface area contributed by atoms with E-state index in [-0.39, 0.29) is 35.9 Å². The lowest BCUT2D eigenvalue weighted by Gasteiger charge is -2.07. The number of carbonyl (C=O) groups excluding carboxylic acids is 1. The zero-order valence-corrected chi connectivity index (χ0v) is 14.5. The molecule has 0 heterocycles. The van der Waals surface area contributed by atoms with Crippen LogP contribution in [0.15, 0.2) is 41.5 Å². The molecule has 0 radical (unpaired) electrons. The Hall–Kier alpha value is -3.00. The summed E-state index contributed by atoms with van der Waals surface area (Å²) in [4.78, 5) is 11.9. The molecule has 2 atom stereocenters. The van der Waals surface area contributed by atoms with Crippen molar-refractivity contribution < 1.29 is 23.8 Å². The number of nitrogens with zero attached hydrogens (tertiary/aromatic N) is 1. The van der Waals surface area contributed by atoms with Gasteiger partial charge >= 0.3 is 0 Å². The first-order valence-corrected chi connectivity index (χ1v) is 8.39. The van der Waals surface area contributed by atoms with E-state index in [9.17, 15) is 23.8 Å². The van der Waals surface area contributed by atoms with Crippen LogP contribution >= 0.6 is 0 Å². The highest BCUT2D eigenvalue weighted by atomic mass is 19.2. The molecule has 0 saturated heterocycles. The van der Waals surface area contributed by atoms with E-state index in [1.54, 1.807) is 13.0 Å². The number of benzene rings is 2. The van der Waals surface area contributed by atoms with Gasteiger partial charge < -0.3 is 15.5 Å². The van der Waals surface area contributed by atoms with Crippen molar-refractivity contribution in [3.8, 4) is 11.5 Å². The predicted molar refractivity (Wildman–Crippen MR) is 95.6 cm³/mol. The number of phenols is 2. The van der Waals surface area contributed by atoms with Gasteiger partial charge in [-0.25, -0.2) is 14.2 Å². The number of amides is 1. The monoisotopic (exact) mass is 375 g/mol. The van der Waals surface area contributed by atoms with E-state index >= 15 is 0 Å². The lowest BCUT2D eigenvalue weighted by atomic mass is 10.1. The van der Waals surface area contributed by atoms with Crippen molar-refractivity contribution in [2.45, 2.75) is 25.3 Å². The number of hydrogen-bond donors (Lipinski definition) is 4. The number of aromatic hydroxyl groups is 2. The molecule has 2 aromatic carbocycles. The van der Waals surface area contributed by atoms with Gasteiger partial charge in [0.2, 0.25) is 0 Å². The maximum absolute atomic E-state index is 13.3. The summed E-state index contributed by atoms with van der Waals surface area (Å²) in [6, 6.07) is 7.85. The summed E-state index contributed by atoms with van der Waals surface area (Å²) >= 11 is 0. The normalized spacial score (nSPS) is 19.0. The Morgan fingerprint density at radius 1 is 1.19 bits per heavy atom. The van der Waals surface area contributed by atoms with Crippen LogP contribution in [0.1, 0.15) is 30.4 Å². The zero-order valence-electron chi connectivity index (χ0n) is 14.5. The van der Waals surface area contributed by atoms with E-state index in [2.05, 4.69) is 15.8 Å². The molecule has 0 spiro atoms. The fraction of sp³-hybridized carbons (Fsp3) is 0.263. The molecular formula is C19H19F2N3O3. The zero-order chi connectivity index (χ0) is 19.6. The average molecular weight is 375 g/mol. The quantitative estimate of drug-likeness (QED) is 0.354. The molecule has 6 nitrogen and oxygen atoms in total. The summed E-state index contributed by atoms with van der Waals surface area (Å²) in [5.41, 5.74) is 3.71. The number of nitrogens with one attached hydrogen (secondary N) is 2. The van der Waals surface area contributed by atoms with Crippen LogP contribution < -0.4 is 10.7 Å². The summed E-state index contributed by atoms with van der Waals surface area (Å²) < 4.78 is 26.2. The highest BCUT2D eigenvalue weighted by molar-refractivity contribution is 6.01. The molecule has 1 aliphatic rings. The second-order valence-corrected chi connectivity index (χ2v) is 6.44. The Morgan fingerprint density at radius 2 is 1.96 bits per heavy atom. The fourth-order valence-corrected chi connectivity index (χ4v) is 2.82. The van der Waals surface area contributed by atoms with Crippen LogP contribution in [0.3, 0.4) is 0 Å². The second-order valence-electron chi connectivity index (χ2n) is 6.44. The van der Waals surface area contributed by atoms with Crippen LogP contribution in [-0.4, -0.2) is 34.4 Å². The Balaban J connectivity index is 1.49. The lowest BCUT2D eigenvalue weighted by Crippen LogP contribution is -2.33. The van der Waals surface area contributed by atoms with E-state index < -0.39 is 11.6 Å². The van der Waals surface area contributed by atoms with Gasteiger partial charge in [-0.3, -0.25) is 4.79 Å². The van der Waals surface area contributed by atoms with Crippen molar-refractivity contribution in [2.24, 2.45) is 5.10 Å². The molecule has 1 aliphatic carbocycles.